The van der Waals surface area contributed by atoms with Crippen molar-refractivity contribution in [3.05, 3.63) is 12.4 Å². The van der Waals surface area contributed by atoms with Gasteiger partial charge in [-0.15, -0.1) is 0 Å². The third kappa shape index (κ3) is 3.26. The quantitative estimate of drug-likeness (QED) is 0.800. The molecule has 0 unspecified atom stereocenters. The molecule has 8 heteroatoms. The van der Waals surface area contributed by atoms with Gasteiger partial charge >= 0.3 is 0 Å². The zero-order valence-electron chi connectivity index (χ0n) is 11.9. The Kier molecular flexibility index (Phi) is 3.99. The highest BCUT2D eigenvalue weighted by atomic mass is 32.2. The molecule has 1 aromatic heterocycles. The molecule has 1 aliphatic heterocycles. The highest BCUT2D eigenvalue weighted by Gasteiger charge is 2.41. The molecule has 1 aliphatic carbocycles. The van der Waals surface area contributed by atoms with Gasteiger partial charge in [-0.3, -0.25) is 4.98 Å². The van der Waals surface area contributed by atoms with Gasteiger partial charge in [0.15, 0.2) is 0 Å². The third-order valence-corrected chi connectivity index (χ3v) is 6.10. The molecule has 1 saturated heterocycles. The molecule has 0 radical (unpaired) electrons. The molecule has 0 aromatic carbocycles. The molecule has 2 heterocycles. The van der Waals surface area contributed by atoms with Crippen molar-refractivity contribution in [2.75, 3.05) is 20.2 Å². The Morgan fingerprint density at radius 3 is 2.71 bits per heavy atom. The van der Waals surface area contributed by atoms with Gasteiger partial charge in [-0.1, -0.05) is 0 Å². The van der Waals surface area contributed by atoms with Crippen LogP contribution in [-0.4, -0.2) is 54.2 Å². The van der Waals surface area contributed by atoms with E-state index in [4.69, 9.17) is 9.47 Å². The number of nitrogens with zero attached hydrogens (tertiary/aromatic N) is 3. The second kappa shape index (κ2) is 5.76. The summed E-state index contributed by atoms with van der Waals surface area (Å²) in [6.07, 6.45) is 6.00. The fourth-order valence-electron chi connectivity index (χ4n) is 2.47. The minimum Gasteiger partial charge on any atom is -0.480 e. The summed E-state index contributed by atoms with van der Waals surface area (Å²) in [6.45, 7) is 0.972. The Hall–Kier alpha value is -1.41. The molecule has 21 heavy (non-hydrogen) atoms. The maximum atomic E-state index is 12.3. The summed E-state index contributed by atoms with van der Waals surface area (Å²) in [5.41, 5.74) is 0. The second-order valence-corrected chi connectivity index (χ2v) is 7.60. The van der Waals surface area contributed by atoms with Gasteiger partial charge in [-0.25, -0.2) is 8.42 Å². The van der Waals surface area contributed by atoms with Crippen LogP contribution in [0.3, 0.4) is 0 Å². The van der Waals surface area contributed by atoms with Crippen molar-refractivity contribution >= 4 is 10.0 Å². The van der Waals surface area contributed by atoms with E-state index >= 15 is 0 Å². The zero-order chi connectivity index (χ0) is 14.9. The molecule has 0 amide bonds. The summed E-state index contributed by atoms with van der Waals surface area (Å²) in [7, 11) is -1.62. The molecule has 2 fully saturated rings. The van der Waals surface area contributed by atoms with Crippen molar-refractivity contribution in [1.82, 2.24) is 14.3 Å². The molecule has 116 valence electrons. The molecule has 0 bridgehead atoms. The van der Waals surface area contributed by atoms with E-state index in [9.17, 15) is 8.42 Å². The maximum Gasteiger partial charge on any atom is 0.235 e. The number of sulfonamides is 1. The van der Waals surface area contributed by atoms with Crippen molar-refractivity contribution in [1.29, 1.82) is 0 Å². The van der Waals surface area contributed by atoms with Gasteiger partial charge in [0.05, 0.1) is 31.3 Å². The summed E-state index contributed by atoms with van der Waals surface area (Å²) >= 11 is 0. The van der Waals surface area contributed by atoms with E-state index in [1.54, 1.807) is 4.31 Å². The van der Waals surface area contributed by atoms with Gasteiger partial charge in [-0.2, -0.15) is 9.29 Å². The lowest BCUT2D eigenvalue weighted by Gasteiger charge is -2.31. The Bertz CT molecular complexity index is 603. The topological polar surface area (TPSA) is 81.6 Å². The Labute approximate surface area is 124 Å². The van der Waals surface area contributed by atoms with Crippen LogP contribution in [0.15, 0.2) is 12.4 Å². The molecular formula is C13H19N3O4S. The first-order valence-corrected chi connectivity index (χ1v) is 8.61. The second-order valence-electron chi connectivity index (χ2n) is 5.38. The fourth-order valence-corrected chi connectivity index (χ4v) is 4.38. The molecule has 0 spiro atoms. The highest BCUT2D eigenvalue weighted by Crippen LogP contribution is 2.32. The summed E-state index contributed by atoms with van der Waals surface area (Å²) in [5, 5.41) is -0.173. The van der Waals surface area contributed by atoms with Crippen molar-refractivity contribution in [3.63, 3.8) is 0 Å². The van der Waals surface area contributed by atoms with E-state index < -0.39 is 10.0 Å². The van der Waals surface area contributed by atoms with Gasteiger partial charge in [0.25, 0.3) is 0 Å². The first kappa shape index (κ1) is 14.5. The van der Waals surface area contributed by atoms with Crippen LogP contribution in [0.1, 0.15) is 25.7 Å². The molecule has 0 N–H and O–H groups in total. The van der Waals surface area contributed by atoms with Crippen molar-refractivity contribution in [2.24, 2.45) is 0 Å². The Balaban J connectivity index is 1.65. The van der Waals surface area contributed by atoms with Crippen LogP contribution >= 0.6 is 0 Å². The minimum absolute atomic E-state index is 0.173. The van der Waals surface area contributed by atoms with Crippen LogP contribution in [0, 0.1) is 0 Å². The van der Waals surface area contributed by atoms with Crippen LogP contribution in [-0.2, 0) is 10.0 Å². The Morgan fingerprint density at radius 2 is 2.00 bits per heavy atom. The first-order valence-electron chi connectivity index (χ1n) is 7.11. The predicted octanol–water partition coefficient (Wildman–Crippen LogP) is 0.821. The number of ether oxygens (including phenoxy) is 2. The average Bonchev–Trinajstić information content (AvgIpc) is 3.33. The maximum absolute atomic E-state index is 12.3. The minimum atomic E-state index is -3.13. The van der Waals surface area contributed by atoms with Gasteiger partial charge in [-0.05, 0) is 25.7 Å². The van der Waals surface area contributed by atoms with Crippen molar-refractivity contribution in [2.45, 2.75) is 37.0 Å². The van der Waals surface area contributed by atoms with Crippen LogP contribution in [0.25, 0.3) is 0 Å². The predicted molar refractivity (Wildman–Crippen MR) is 75.7 cm³/mol. The van der Waals surface area contributed by atoms with Crippen LogP contribution in [0.5, 0.6) is 11.8 Å². The van der Waals surface area contributed by atoms with E-state index in [1.807, 2.05) is 0 Å². The highest BCUT2D eigenvalue weighted by molar-refractivity contribution is 7.90. The monoisotopic (exact) mass is 313 g/mol. The third-order valence-electron chi connectivity index (χ3n) is 3.73. The van der Waals surface area contributed by atoms with Crippen molar-refractivity contribution in [3.8, 4) is 11.8 Å². The number of methoxy groups -OCH3 is 1. The number of hydrogen-bond acceptors (Lipinski definition) is 6. The summed E-state index contributed by atoms with van der Waals surface area (Å²) in [6, 6.07) is 0. The van der Waals surface area contributed by atoms with Gasteiger partial charge in [0.2, 0.25) is 21.8 Å². The zero-order valence-corrected chi connectivity index (χ0v) is 12.8. The number of piperidine rings is 1. The molecule has 7 nitrogen and oxygen atoms in total. The molecule has 1 atom stereocenters. The summed E-state index contributed by atoms with van der Waals surface area (Å²) < 4.78 is 36.9. The van der Waals surface area contributed by atoms with E-state index in [0.29, 0.717) is 24.8 Å². The standard InChI is InChI=1S/C13H19N3O4S/c1-19-12-7-14-8-13(15-12)20-10-3-2-6-16(9-10)21(17,18)11-4-5-11/h7-8,10-11H,2-6,9H2,1H3/t10-/m1/s1. The fraction of sp³-hybridized carbons (Fsp3) is 0.692. The van der Waals surface area contributed by atoms with E-state index in [1.165, 1.54) is 19.5 Å². The molecule has 2 aliphatic rings. The van der Waals surface area contributed by atoms with E-state index in [2.05, 4.69) is 9.97 Å². The van der Waals surface area contributed by atoms with Crippen LogP contribution in [0.4, 0.5) is 0 Å². The van der Waals surface area contributed by atoms with Gasteiger partial charge < -0.3 is 9.47 Å². The lowest BCUT2D eigenvalue weighted by atomic mass is 10.1. The van der Waals surface area contributed by atoms with Crippen LogP contribution < -0.4 is 9.47 Å². The van der Waals surface area contributed by atoms with Crippen LogP contribution in [0.2, 0.25) is 0 Å². The largest absolute Gasteiger partial charge is 0.480 e. The first-order chi connectivity index (χ1) is 10.1. The number of hydrogen-bond donors (Lipinski definition) is 0. The summed E-state index contributed by atoms with van der Waals surface area (Å²) in [5.74, 6) is 0.746. The van der Waals surface area contributed by atoms with Gasteiger partial charge in [0, 0.05) is 6.54 Å². The smallest absolute Gasteiger partial charge is 0.235 e. The average molecular weight is 313 g/mol. The van der Waals surface area contributed by atoms with E-state index in [-0.39, 0.29) is 11.4 Å². The number of aromatic nitrogens is 2. The van der Waals surface area contributed by atoms with Gasteiger partial charge in [0.1, 0.15) is 6.10 Å². The Morgan fingerprint density at radius 1 is 1.24 bits per heavy atom. The lowest BCUT2D eigenvalue weighted by Crippen LogP contribution is -2.45. The normalized spacial score (nSPS) is 23.8. The van der Waals surface area contributed by atoms with E-state index in [0.717, 1.165) is 25.7 Å². The molecular weight excluding hydrogens is 294 g/mol. The number of rotatable bonds is 5. The lowest BCUT2D eigenvalue weighted by molar-refractivity contribution is 0.123. The van der Waals surface area contributed by atoms with Crippen molar-refractivity contribution < 1.29 is 17.9 Å². The molecule has 3 rings (SSSR count). The summed E-state index contributed by atoms with van der Waals surface area (Å²) in [4.78, 5) is 8.13. The molecule has 1 saturated carbocycles. The molecule has 1 aromatic rings. The SMILES string of the molecule is COc1cncc(O[C@@H]2CCCN(S(=O)(=O)C3CC3)C2)n1.